The monoisotopic (exact) mass is 247 g/mol. The quantitative estimate of drug-likeness (QED) is 0.824. The second kappa shape index (κ2) is 5.77. The van der Waals surface area contributed by atoms with Gasteiger partial charge in [-0.3, -0.25) is 0 Å². The van der Waals surface area contributed by atoms with Crippen LogP contribution in [0.3, 0.4) is 0 Å². The van der Waals surface area contributed by atoms with Crippen LogP contribution in [0.15, 0.2) is 41.6 Å². The summed E-state index contributed by atoms with van der Waals surface area (Å²) in [6, 6.07) is 8.46. The molecule has 0 amide bonds. The smallest absolute Gasteiger partial charge is 0.110 e. The largest absolute Gasteiger partial charge is 0.385 e. The molecule has 3 nitrogen and oxygen atoms in total. The molecule has 0 spiro atoms. The van der Waals surface area contributed by atoms with Crippen molar-refractivity contribution in [1.82, 2.24) is 9.55 Å². The predicted octanol–water partition coefficient (Wildman–Crippen LogP) is 2.80. The molecule has 1 aromatic carbocycles. The third-order valence-corrected chi connectivity index (χ3v) is 3.39. The molecule has 0 aliphatic heterocycles. The molecule has 0 aliphatic carbocycles. The predicted molar refractivity (Wildman–Crippen MR) is 73.6 cm³/mol. The third kappa shape index (κ3) is 3.27. The number of thioether (sulfide) groups is 1. The summed E-state index contributed by atoms with van der Waals surface area (Å²) in [4.78, 5) is 5.58. The summed E-state index contributed by atoms with van der Waals surface area (Å²) in [5, 5.41) is 3.42. The van der Waals surface area contributed by atoms with Crippen molar-refractivity contribution < 1.29 is 0 Å². The first kappa shape index (κ1) is 12.0. The van der Waals surface area contributed by atoms with Crippen molar-refractivity contribution in [2.24, 2.45) is 7.05 Å². The van der Waals surface area contributed by atoms with Crippen LogP contribution in [-0.4, -0.2) is 22.4 Å². The normalized spacial score (nSPS) is 10.5. The Morgan fingerprint density at radius 3 is 3.00 bits per heavy atom. The average Bonchev–Trinajstić information content (AvgIpc) is 2.76. The zero-order valence-electron chi connectivity index (χ0n) is 10.2. The van der Waals surface area contributed by atoms with Crippen molar-refractivity contribution in [2.75, 3.05) is 18.1 Å². The molecule has 90 valence electrons. The number of hydrogen-bond donors (Lipinski definition) is 1. The van der Waals surface area contributed by atoms with Crippen LogP contribution in [0, 0.1) is 0 Å². The number of benzene rings is 1. The van der Waals surface area contributed by atoms with Crippen LogP contribution < -0.4 is 5.32 Å². The highest BCUT2D eigenvalue weighted by atomic mass is 32.2. The minimum atomic E-state index is 0.905. The van der Waals surface area contributed by atoms with Gasteiger partial charge >= 0.3 is 0 Å². The van der Waals surface area contributed by atoms with E-state index in [1.807, 2.05) is 19.4 Å². The SMILES string of the molecule is CSc1cccc(NCCc2nccn2C)c1. The lowest BCUT2D eigenvalue weighted by atomic mass is 10.3. The molecular formula is C13H17N3S. The Morgan fingerprint density at radius 2 is 2.29 bits per heavy atom. The van der Waals surface area contributed by atoms with Gasteiger partial charge < -0.3 is 9.88 Å². The average molecular weight is 247 g/mol. The molecule has 4 heteroatoms. The van der Waals surface area contributed by atoms with Crippen LogP contribution in [0.5, 0.6) is 0 Å². The van der Waals surface area contributed by atoms with Crippen LogP contribution in [0.25, 0.3) is 0 Å². The minimum absolute atomic E-state index is 0.905. The summed E-state index contributed by atoms with van der Waals surface area (Å²) in [5.74, 6) is 1.11. The molecule has 0 atom stereocenters. The van der Waals surface area contributed by atoms with Gasteiger partial charge in [-0.1, -0.05) is 6.07 Å². The highest BCUT2D eigenvalue weighted by molar-refractivity contribution is 7.98. The molecule has 1 aromatic heterocycles. The summed E-state index contributed by atoms with van der Waals surface area (Å²) in [5.41, 5.74) is 1.17. The van der Waals surface area contributed by atoms with Crippen LogP contribution in [0.1, 0.15) is 5.82 Å². The molecule has 1 N–H and O–H groups in total. The topological polar surface area (TPSA) is 29.9 Å². The van der Waals surface area contributed by atoms with E-state index in [0.29, 0.717) is 0 Å². The number of rotatable bonds is 5. The Labute approximate surface area is 106 Å². The molecule has 0 unspecified atom stereocenters. The minimum Gasteiger partial charge on any atom is -0.385 e. The summed E-state index contributed by atoms with van der Waals surface area (Å²) in [6.45, 7) is 0.905. The van der Waals surface area contributed by atoms with Gasteiger partial charge in [-0.05, 0) is 24.5 Å². The Morgan fingerprint density at radius 1 is 1.41 bits per heavy atom. The fourth-order valence-corrected chi connectivity index (χ4v) is 2.15. The molecule has 2 aromatic rings. The number of aromatic nitrogens is 2. The van der Waals surface area contributed by atoms with Crippen molar-refractivity contribution in [2.45, 2.75) is 11.3 Å². The standard InChI is InChI=1S/C13H17N3S/c1-16-9-8-15-13(16)6-7-14-11-4-3-5-12(10-11)17-2/h3-5,8-10,14H,6-7H2,1-2H3. The van der Waals surface area contributed by atoms with Crippen molar-refractivity contribution in [1.29, 1.82) is 0 Å². The lowest BCUT2D eigenvalue weighted by Gasteiger charge is -2.07. The lowest BCUT2D eigenvalue weighted by molar-refractivity contribution is 0.789. The number of hydrogen-bond acceptors (Lipinski definition) is 3. The molecule has 0 aliphatic rings. The van der Waals surface area contributed by atoms with E-state index in [0.717, 1.165) is 18.8 Å². The van der Waals surface area contributed by atoms with Crippen molar-refractivity contribution in [3.05, 3.63) is 42.5 Å². The van der Waals surface area contributed by atoms with Crippen molar-refractivity contribution in [3.8, 4) is 0 Å². The summed E-state index contributed by atoms with van der Waals surface area (Å²) >= 11 is 1.76. The van der Waals surface area contributed by atoms with Crippen LogP contribution >= 0.6 is 11.8 Å². The van der Waals surface area contributed by atoms with Gasteiger partial charge in [0.25, 0.3) is 0 Å². The van der Waals surface area contributed by atoms with E-state index in [1.165, 1.54) is 10.6 Å². The second-order valence-corrected chi connectivity index (χ2v) is 4.74. The van der Waals surface area contributed by atoms with Gasteiger partial charge in [0.05, 0.1) is 0 Å². The number of imidazole rings is 1. The van der Waals surface area contributed by atoms with E-state index in [4.69, 9.17) is 0 Å². The molecule has 1 heterocycles. The number of anilines is 1. The molecule has 17 heavy (non-hydrogen) atoms. The van der Waals surface area contributed by atoms with Gasteiger partial charge in [-0.15, -0.1) is 11.8 Å². The Hall–Kier alpha value is -1.42. The van der Waals surface area contributed by atoms with E-state index in [1.54, 1.807) is 11.8 Å². The van der Waals surface area contributed by atoms with Gasteiger partial charge in [0.2, 0.25) is 0 Å². The molecular weight excluding hydrogens is 230 g/mol. The van der Waals surface area contributed by atoms with Crippen LogP contribution in [0.2, 0.25) is 0 Å². The van der Waals surface area contributed by atoms with Crippen LogP contribution in [-0.2, 0) is 13.5 Å². The van der Waals surface area contributed by atoms with E-state index in [-0.39, 0.29) is 0 Å². The first-order valence-electron chi connectivity index (χ1n) is 5.64. The van der Waals surface area contributed by atoms with Crippen molar-refractivity contribution in [3.63, 3.8) is 0 Å². The number of nitrogens with zero attached hydrogens (tertiary/aromatic N) is 2. The first-order chi connectivity index (χ1) is 8.29. The maximum atomic E-state index is 4.30. The van der Waals surface area contributed by atoms with Gasteiger partial charge in [0.15, 0.2) is 0 Å². The first-order valence-corrected chi connectivity index (χ1v) is 6.86. The summed E-state index contributed by atoms with van der Waals surface area (Å²) in [7, 11) is 2.02. The van der Waals surface area contributed by atoms with E-state index in [2.05, 4.69) is 45.4 Å². The van der Waals surface area contributed by atoms with Crippen molar-refractivity contribution >= 4 is 17.4 Å². The fraction of sp³-hybridized carbons (Fsp3) is 0.308. The Balaban J connectivity index is 1.87. The van der Waals surface area contributed by atoms with Gasteiger partial charge in [0.1, 0.15) is 5.82 Å². The van der Waals surface area contributed by atoms with Gasteiger partial charge in [0, 0.05) is 43.0 Å². The highest BCUT2D eigenvalue weighted by Crippen LogP contribution is 2.18. The molecule has 0 fully saturated rings. The van der Waals surface area contributed by atoms with Gasteiger partial charge in [-0.25, -0.2) is 4.98 Å². The van der Waals surface area contributed by atoms with E-state index >= 15 is 0 Å². The van der Waals surface area contributed by atoms with Gasteiger partial charge in [-0.2, -0.15) is 0 Å². The highest BCUT2D eigenvalue weighted by Gasteiger charge is 1.99. The van der Waals surface area contributed by atoms with E-state index < -0.39 is 0 Å². The second-order valence-electron chi connectivity index (χ2n) is 3.86. The zero-order chi connectivity index (χ0) is 12.1. The number of nitrogens with one attached hydrogen (secondary N) is 1. The molecule has 2 rings (SSSR count). The molecule has 0 radical (unpaired) electrons. The Kier molecular flexibility index (Phi) is 4.09. The maximum Gasteiger partial charge on any atom is 0.110 e. The Bertz CT molecular complexity index is 479. The van der Waals surface area contributed by atoms with E-state index in [9.17, 15) is 0 Å². The molecule has 0 bridgehead atoms. The molecule has 0 saturated heterocycles. The fourth-order valence-electron chi connectivity index (χ4n) is 1.69. The molecule has 0 saturated carbocycles. The lowest BCUT2D eigenvalue weighted by Crippen LogP contribution is -2.08. The summed E-state index contributed by atoms with van der Waals surface area (Å²) in [6.07, 6.45) is 6.84. The van der Waals surface area contributed by atoms with Crippen LogP contribution in [0.4, 0.5) is 5.69 Å². The number of aryl methyl sites for hydroxylation is 1. The maximum absolute atomic E-state index is 4.30. The zero-order valence-corrected chi connectivity index (χ0v) is 11.0. The summed E-state index contributed by atoms with van der Waals surface area (Å²) < 4.78 is 2.06. The third-order valence-electron chi connectivity index (χ3n) is 2.67.